The van der Waals surface area contributed by atoms with Crippen molar-refractivity contribution < 1.29 is 19.7 Å². The maximum absolute atomic E-state index is 12.1. The molecule has 0 bridgehead atoms. The number of carbonyl (C=O) groups excluding carboxylic acids is 1. The molecule has 0 heterocycles. The van der Waals surface area contributed by atoms with Crippen molar-refractivity contribution >= 4 is 5.97 Å². The third kappa shape index (κ3) is 3.63. The minimum Gasteiger partial charge on any atom is -0.508 e. The van der Waals surface area contributed by atoms with Crippen LogP contribution in [0.25, 0.3) is 11.1 Å². The van der Waals surface area contributed by atoms with Crippen molar-refractivity contribution in [2.45, 2.75) is 13.8 Å². The number of hydrogen-bond donors (Lipinski definition) is 2. The van der Waals surface area contributed by atoms with E-state index < -0.39 is 5.97 Å². The van der Waals surface area contributed by atoms with Crippen molar-refractivity contribution in [1.29, 1.82) is 0 Å². The molecule has 0 amide bonds. The number of carbonyl (C=O) groups is 1. The van der Waals surface area contributed by atoms with E-state index in [2.05, 4.69) is 0 Å². The van der Waals surface area contributed by atoms with Crippen molar-refractivity contribution in [3.63, 3.8) is 0 Å². The fourth-order valence-corrected chi connectivity index (χ4v) is 2.61. The van der Waals surface area contributed by atoms with Crippen molar-refractivity contribution in [3.8, 4) is 28.4 Å². The van der Waals surface area contributed by atoms with Crippen LogP contribution in [0.3, 0.4) is 0 Å². The Morgan fingerprint density at radius 1 is 0.840 bits per heavy atom. The molecule has 0 spiro atoms. The molecule has 3 rings (SSSR count). The molecule has 0 fully saturated rings. The number of ether oxygens (including phenoxy) is 1. The van der Waals surface area contributed by atoms with E-state index >= 15 is 0 Å². The first-order valence-electron chi connectivity index (χ1n) is 7.86. The number of benzene rings is 3. The highest BCUT2D eigenvalue weighted by atomic mass is 16.5. The molecule has 0 radical (unpaired) electrons. The van der Waals surface area contributed by atoms with Gasteiger partial charge in [0.1, 0.15) is 17.2 Å². The second-order valence-electron chi connectivity index (χ2n) is 5.91. The van der Waals surface area contributed by atoms with Crippen molar-refractivity contribution in [3.05, 3.63) is 77.4 Å². The summed E-state index contributed by atoms with van der Waals surface area (Å²) in [7, 11) is 0. The summed E-state index contributed by atoms with van der Waals surface area (Å²) in [6.45, 7) is 3.79. The van der Waals surface area contributed by atoms with Gasteiger partial charge in [-0.05, 0) is 84.6 Å². The molecule has 0 aliphatic heterocycles. The number of rotatable bonds is 3. The number of aryl methyl sites for hydroxylation is 2. The molecule has 0 saturated carbocycles. The Balaban J connectivity index is 1.83. The van der Waals surface area contributed by atoms with Crippen LogP contribution in [0.1, 0.15) is 21.5 Å². The van der Waals surface area contributed by atoms with E-state index in [0.29, 0.717) is 11.3 Å². The summed E-state index contributed by atoms with van der Waals surface area (Å²) in [5, 5.41) is 18.9. The van der Waals surface area contributed by atoms with Gasteiger partial charge in [-0.15, -0.1) is 0 Å². The molecule has 2 N–H and O–H groups in total. The Hall–Kier alpha value is -3.27. The topological polar surface area (TPSA) is 66.8 Å². The zero-order valence-electron chi connectivity index (χ0n) is 14.0. The first kappa shape index (κ1) is 16.6. The minimum absolute atomic E-state index is 0.0981. The summed E-state index contributed by atoms with van der Waals surface area (Å²) < 4.78 is 5.39. The standard InChI is InChI=1S/C21H18O4/c1-13-12-18(25-21(24)15-3-6-17(22)7-4-15)8-9-19(13)16-5-10-20(23)14(2)11-16/h3-12,22-23H,1-2H3. The smallest absolute Gasteiger partial charge is 0.343 e. The van der Waals surface area contributed by atoms with Crippen molar-refractivity contribution in [2.24, 2.45) is 0 Å². The van der Waals surface area contributed by atoms with Crippen molar-refractivity contribution in [2.75, 3.05) is 0 Å². The Morgan fingerprint density at radius 3 is 2.20 bits per heavy atom. The minimum atomic E-state index is -0.479. The fraction of sp³-hybridized carbons (Fsp3) is 0.0952. The van der Waals surface area contributed by atoms with Gasteiger partial charge in [0, 0.05) is 0 Å². The van der Waals surface area contributed by atoms with Gasteiger partial charge in [-0.25, -0.2) is 4.79 Å². The predicted octanol–water partition coefficient (Wildman–Crippen LogP) is 4.60. The van der Waals surface area contributed by atoms with Gasteiger partial charge >= 0.3 is 5.97 Å². The maximum atomic E-state index is 12.1. The quantitative estimate of drug-likeness (QED) is 0.542. The molecule has 25 heavy (non-hydrogen) atoms. The molecule has 3 aromatic rings. The third-order valence-corrected chi connectivity index (χ3v) is 4.02. The van der Waals surface area contributed by atoms with Crippen LogP contribution < -0.4 is 4.74 Å². The third-order valence-electron chi connectivity index (χ3n) is 4.02. The number of aromatic hydroxyl groups is 2. The molecule has 0 unspecified atom stereocenters. The van der Waals surface area contributed by atoms with E-state index in [-0.39, 0.29) is 11.5 Å². The van der Waals surface area contributed by atoms with Crippen LogP contribution in [0, 0.1) is 13.8 Å². The average molecular weight is 334 g/mol. The lowest BCUT2D eigenvalue weighted by molar-refractivity contribution is 0.0734. The zero-order chi connectivity index (χ0) is 18.0. The van der Waals surface area contributed by atoms with E-state index in [9.17, 15) is 15.0 Å². The number of phenols is 2. The Kier molecular flexibility index (Phi) is 4.44. The van der Waals surface area contributed by atoms with Gasteiger partial charge in [0.25, 0.3) is 0 Å². The van der Waals surface area contributed by atoms with Crippen molar-refractivity contribution in [1.82, 2.24) is 0 Å². The molecular weight excluding hydrogens is 316 g/mol. The summed E-state index contributed by atoms with van der Waals surface area (Å²) in [5.74, 6) is 0.337. The van der Waals surface area contributed by atoms with E-state index in [1.165, 1.54) is 24.3 Å². The van der Waals surface area contributed by atoms with Crippen LogP contribution in [0.2, 0.25) is 0 Å². The van der Waals surface area contributed by atoms with Gasteiger partial charge in [-0.2, -0.15) is 0 Å². The number of phenolic OH excluding ortho intramolecular Hbond substituents is 2. The summed E-state index contributed by atoms with van der Waals surface area (Å²) >= 11 is 0. The molecule has 0 saturated heterocycles. The van der Waals surface area contributed by atoms with E-state index in [1.807, 2.05) is 32.0 Å². The van der Waals surface area contributed by atoms with Gasteiger partial charge < -0.3 is 14.9 Å². The molecule has 0 aliphatic rings. The van der Waals surface area contributed by atoms with Crippen LogP contribution in [-0.2, 0) is 0 Å². The van der Waals surface area contributed by atoms with Crippen LogP contribution in [0.5, 0.6) is 17.2 Å². The maximum Gasteiger partial charge on any atom is 0.343 e. The molecule has 126 valence electrons. The lowest BCUT2D eigenvalue weighted by Gasteiger charge is -2.11. The summed E-state index contributed by atoms with van der Waals surface area (Å²) in [6.07, 6.45) is 0. The van der Waals surface area contributed by atoms with Gasteiger partial charge in [-0.3, -0.25) is 0 Å². The molecule has 0 aromatic heterocycles. The average Bonchev–Trinajstić information content (AvgIpc) is 2.58. The summed E-state index contributed by atoms with van der Waals surface area (Å²) in [4.78, 5) is 12.1. The lowest BCUT2D eigenvalue weighted by Crippen LogP contribution is -2.08. The van der Waals surface area contributed by atoms with Gasteiger partial charge in [-0.1, -0.05) is 12.1 Å². The Bertz CT molecular complexity index is 927. The zero-order valence-corrected chi connectivity index (χ0v) is 14.0. The van der Waals surface area contributed by atoms with E-state index in [1.54, 1.807) is 18.2 Å². The van der Waals surface area contributed by atoms with Crippen LogP contribution in [0.15, 0.2) is 60.7 Å². The second kappa shape index (κ2) is 6.69. The number of esters is 1. The molecule has 0 aliphatic carbocycles. The Morgan fingerprint density at radius 2 is 1.56 bits per heavy atom. The highest BCUT2D eigenvalue weighted by Gasteiger charge is 2.11. The largest absolute Gasteiger partial charge is 0.508 e. The lowest BCUT2D eigenvalue weighted by atomic mass is 9.98. The van der Waals surface area contributed by atoms with Crippen LogP contribution >= 0.6 is 0 Å². The van der Waals surface area contributed by atoms with E-state index in [4.69, 9.17) is 4.74 Å². The summed E-state index contributed by atoms with van der Waals surface area (Å²) in [5.41, 5.74) is 4.13. The van der Waals surface area contributed by atoms with Gasteiger partial charge in [0.15, 0.2) is 0 Å². The highest BCUT2D eigenvalue weighted by molar-refractivity contribution is 5.91. The second-order valence-corrected chi connectivity index (χ2v) is 5.91. The monoisotopic (exact) mass is 334 g/mol. The normalized spacial score (nSPS) is 10.5. The highest BCUT2D eigenvalue weighted by Crippen LogP contribution is 2.30. The molecule has 3 aromatic carbocycles. The first-order chi connectivity index (χ1) is 11.9. The van der Waals surface area contributed by atoms with Crippen LogP contribution in [-0.4, -0.2) is 16.2 Å². The fourth-order valence-electron chi connectivity index (χ4n) is 2.61. The van der Waals surface area contributed by atoms with Gasteiger partial charge in [0.2, 0.25) is 0 Å². The number of hydrogen-bond acceptors (Lipinski definition) is 4. The molecule has 4 heteroatoms. The van der Waals surface area contributed by atoms with E-state index in [0.717, 1.165) is 22.3 Å². The first-order valence-corrected chi connectivity index (χ1v) is 7.86. The molecule has 4 nitrogen and oxygen atoms in total. The molecular formula is C21H18O4. The van der Waals surface area contributed by atoms with Gasteiger partial charge in [0.05, 0.1) is 5.56 Å². The van der Waals surface area contributed by atoms with Crippen LogP contribution in [0.4, 0.5) is 0 Å². The molecule has 0 atom stereocenters. The predicted molar refractivity (Wildman–Crippen MR) is 96.1 cm³/mol. The summed E-state index contributed by atoms with van der Waals surface area (Å²) in [6, 6.07) is 16.8. The SMILES string of the molecule is Cc1cc(-c2ccc(OC(=O)c3ccc(O)cc3)cc2C)ccc1O. The Labute approximate surface area is 146 Å².